The molecule has 0 radical (unpaired) electrons. The highest BCUT2D eigenvalue weighted by Gasteiger charge is 2.52. The summed E-state index contributed by atoms with van der Waals surface area (Å²) in [5, 5.41) is 18.4. The Bertz CT molecular complexity index is 1570. The van der Waals surface area contributed by atoms with Gasteiger partial charge in [0.05, 0.1) is 39.3 Å². The number of pyridine rings is 2. The van der Waals surface area contributed by atoms with Crippen LogP contribution < -0.4 is 5.73 Å². The first kappa shape index (κ1) is 25.4. The van der Waals surface area contributed by atoms with Gasteiger partial charge in [0.15, 0.2) is 0 Å². The van der Waals surface area contributed by atoms with Gasteiger partial charge < -0.3 is 5.73 Å². The predicted octanol–water partition coefficient (Wildman–Crippen LogP) is 6.56. The Morgan fingerprint density at radius 2 is 1.74 bits per heavy atom. The molecule has 4 aromatic rings. The first-order chi connectivity index (χ1) is 18.1. The van der Waals surface area contributed by atoms with E-state index in [0.717, 1.165) is 29.8 Å². The van der Waals surface area contributed by atoms with Gasteiger partial charge in [-0.2, -0.15) is 10.4 Å². The fourth-order valence-corrected chi connectivity index (χ4v) is 5.63. The monoisotopic (exact) mass is 510 g/mol. The van der Waals surface area contributed by atoms with E-state index in [0.29, 0.717) is 11.3 Å². The summed E-state index contributed by atoms with van der Waals surface area (Å²) in [5.74, 6) is -1.03. The van der Waals surface area contributed by atoms with Gasteiger partial charge in [-0.05, 0) is 73.1 Å². The van der Waals surface area contributed by atoms with Crippen molar-refractivity contribution in [1.29, 1.82) is 5.26 Å². The second-order valence-electron chi connectivity index (χ2n) is 10.6. The van der Waals surface area contributed by atoms with E-state index in [9.17, 15) is 14.0 Å². The first-order valence-corrected chi connectivity index (χ1v) is 12.6. The molecule has 0 amide bonds. The van der Waals surface area contributed by atoms with Crippen molar-refractivity contribution in [3.63, 3.8) is 0 Å². The van der Waals surface area contributed by atoms with Crippen molar-refractivity contribution in [3.8, 4) is 28.6 Å². The average Bonchev–Trinajstić information content (AvgIpc) is 2.91. The standard InChI is InChI=1S/C30H28F2N6/c1-5-17-14-29(2,3)30(4,25-11-7-10-23(36-25)19-12-18(15-33)28(34)35-16-19)27-20(17)13-24(37-38-27)26-21(31)8-6-9-22(26)32/h6-13,16-17H,5,14H2,1-4H3,(H2,34,35)/t17-,30+/m1/s1. The number of halogens is 2. The van der Waals surface area contributed by atoms with E-state index in [4.69, 9.17) is 10.7 Å². The highest BCUT2D eigenvalue weighted by atomic mass is 19.1. The molecule has 0 spiro atoms. The van der Waals surface area contributed by atoms with Crippen molar-refractivity contribution in [2.45, 2.75) is 51.9 Å². The lowest BCUT2D eigenvalue weighted by molar-refractivity contribution is 0.153. The van der Waals surface area contributed by atoms with Crippen LogP contribution in [0.5, 0.6) is 0 Å². The lowest BCUT2D eigenvalue weighted by Crippen LogP contribution is -2.47. The van der Waals surface area contributed by atoms with Crippen LogP contribution in [0.2, 0.25) is 0 Å². The van der Waals surface area contributed by atoms with Gasteiger partial charge in [-0.25, -0.2) is 13.8 Å². The Morgan fingerprint density at radius 3 is 2.42 bits per heavy atom. The van der Waals surface area contributed by atoms with Crippen molar-refractivity contribution < 1.29 is 8.78 Å². The predicted molar refractivity (Wildman–Crippen MR) is 142 cm³/mol. The van der Waals surface area contributed by atoms with Gasteiger partial charge in [0.1, 0.15) is 23.5 Å². The minimum atomic E-state index is -0.672. The zero-order valence-electron chi connectivity index (χ0n) is 21.8. The zero-order chi connectivity index (χ0) is 27.2. The van der Waals surface area contributed by atoms with Crippen LogP contribution >= 0.6 is 0 Å². The molecular weight excluding hydrogens is 482 g/mol. The third-order valence-corrected chi connectivity index (χ3v) is 8.15. The Hall–Kier alpha value is -4.25. The molecule has 0 bridgehead atoms. The van der Waals surface area contributed by atoms with Crippen molar-refractivity contribution in [1.82, 2.24) is 20.2 Å². The normalized spacial score (nSPS) is 20.0. The van der Waals surface area contributed by atoms with E-state index < -0.39 is 17.0 Å². The third-order valence-electron chi connectivity index (χ3n) is 8.15. The summed E-state index contributed by atoms with van der Waals surface area (Å²) in [6.07, 6.45) is 3.28. The Kier molecular flexibility index (Phi) is 6.18. The average molecular weight is 511 g/mol. The number of nitrogen functional groups attached to an aromatic ring is 1. The first-order valence-electron chi connectivity index (χ1n) is 12.6. The van der Waals surface area contributed by atoms with Gasteiger partial charge >= 0.3 is 0 Å². The van der Waals surface area contributed by atoms with Gasteiger partial charge in [-0.1, -0.05) is 32.9 Å². The van der Waals surface area contributed by atoms with E-state index in [-0.39, 0.29) is 34.0 Å². The van der Waals surface area contributed by atoms with Crippen LogP contribution in [0.1, 0.15) is 69.0 Å². The highest BCUT2D eigenvalue weighted by molar-refractivity contribution is 5.65. The van der Waals surface area contributed by atoms with Crippen molar-refractivity contribution >= 4 is 5.82 Å². The largest absolute Gasteiger partial charge is 0.383 e. The molecule has 1 aliphatic rings. The number of nitriles is 1. The summed E-state index contributed by atoms with van der Waals surface area (Å²) in [4.78, 5) is 9.18. The molecule has 0 unspecified atom stereocenters. The molecule has 0 saturated heterocycles. The molecule has 0 saturated carbocycles. The summed E-state index contributed by atoms with van der Waals surface area (Å²) in [7, 11) is 0. The summed E-state index contributed by atoms with van der Waals surface area (Å²) >= 11 is 0. The maximum atomic E-state index is 14.6. The molecule has 192 valence electrons. The lowest BCUT2D eigenvalue weighted by atomic mass is 9.54. The highest BCUT2D eigenvalue weighted by Crippen LogP contribution is 2.57. The van der Waals surface area contributed by atoms with E-state index in [1.807, 2.05) is 18.2 Å². The second-order valence-corrected chi connectivity index (χ2v) is 10.6. The minimum absolute atomic E-state index is 0.139. The molecule has 3 aromatic heterocycles. The number of rotatable bonds is 4. The zero-order valence-corrected chi connectivity index (χ0v) is 21.8. The quantitative estimate of drug-likeness (QED) is 0.334. The van der Waals surface area contributed by atoms with Crippen LogP contribution in [-0.2, 0) is 5.41 Å². The topological polar surface area (TPSA) is 101 Å². The summed E-state index contributed by atoms with van der Waals surface area (Å²) < 4.78 is 29.2. The van der Waals surface area contributed by atoms with E-state index >= 15 is 0 Å². The number of anilines is 1. The Morgan fingerprint density at radius 1 is 1.03 bits per heavy atom. The van der Waals surface area contributed by atoms with Crippen LogP contribution in [-0.4, -0.2) is 20.2 Å². The summed E-state index contributed by atoms with van der Waals surface area (Å²) in [5.41, 5.74) is 8.96. The molecule has 2 N–H and O–H groups in total. The maximum absolute atomic E-state index is 14.6. The Labute approximate surface area is 220 Å². The number of nitrogens with two attached hydrogens (primary N) is 1. The van der Waals surface area contributed by atoms with Crippen LogP contribution in [0.25, 0.3) is 22.5 Å². The molecular formula is C30H28F2N6. The van der Waals surface area contributed by atoms with Crippen LogP contribution in [0.3, 0.4) is 0 Å². The van der Waals surface area contributed by atoms with Gasteiger partial charge in [0.2, 0.25) is 0 Å². The van der Waals surface area contributed by atoms with Gasteiger partial charge in [-0.15, -0.1) is 5.10 Å². The molecule has 8 heteroatoms. The molecule has 0 aliphatic heterocycles. The minimum Gasteiger partial charge on any atom is -0.383 e. The summed E-state index contributed by atoms with van der Waals surface area (Å²) in [6.45, 7) is 8.59. The number of benzene rings is 1. The SMILES string of the molecule is CC[C@@H]1CC(C)(C)[C@@](C)(c2cccc(-c3cnc(N)c(C#N)c3)n2)c2nnc(-c3c(F)cccc3F)cc21. The molecule has 6 nitrogen and oxygen atoms in total. The summed E-state index contributed by atoms with van der Waals surface area (Å²) in [6, 6.07) is 15.1. The van der Waals surface area contributed by atoms with E-state index in [2.05, 4.69) is 48.9 Å². The molecule has 3 heterocycles. The lowest BCUT2D eigenvalue weighted by Gasteiger charge is -2.50. The number of aromatic nitrogens is 4. The third kappa shape index (κ3) is 3.90. The fraction of sp³-hybridized carbons (Fsp3) is 0.300. The van der Waals surface area contributed by atoms with Crippen molar-refractivity contribution in [2.75, 3.05) is 5.73 Å². The number of nitrogens with zero attached hydrogens (tertiary/aromatic N) is 5. The molecule has 38 heavy (non-hydrogen) atoms. The molecule has 2 atom stereocenters. The van der Waals surface area contributed by atoms with Gasteiger partial charge in [0, 0.05) is 11.8 Å². The van der Waals surface area contributed by atoms with Crippen molar-refractivity contribution in [3.05, 3.63) is 88.9 Å². The number of fused-ring (bicyclic) bond motifs is 1. The number of hydrogen-bond donors (Lipinski definition) is 1. The molecule has 0 fully saturated rings. The Balaban J connectivity index is 1.70. The fourth-order valence-electron chi connectivity index (χ4n) is 5.63. The smallest absolute Gasteiger partial charge is 0.141 e. The van der Waals surface area contributed by atoms with Gasteiger partial charge in [0.25, 0.3) is 0 Å². The van der Waals surface area contributed by atoms with Crippen molar-refractivity contribution in [2.24, 2.45) is 5.41 Å². The number of hydrogen-bond acceptors (Lipinski definition) is 6. The molecule has 1 aromatic carbocycles. The van der Waals surface area contributed by atoms with Crippen LogP contribution in [0.4, 0.5) is 14.6 Å². The maximum Gasteiger partial charge on any atom is 0.141 e. The molecule has 1 aliphatic carbocycles. The van der Waals surface area contributed by atoms with E-state index in [1.54, 1.807) is 18.3 Å². The van der Waals surface area contributed by atoms with Gasteiger partial charge in [-0.3, -0.25) is 4.98 Å². The molecule has 5 rings (SSSR count). The van der Waals surface area contributed by atoms with E-state index in [1.165, 1.54) is 18.2 Å². The van der Waals surface area contributed by atoms with Crippen LogP contribution in [0, 0.1) is 28.4 Å². The van der Waals surface area contributed by atoms with Crippen LogP contribution in [0.15, 0.2) is 54.7 Å². The second kappa shape index (κ2) is 9.25.